The molecule has 25 heavy (non-hydrogen) atoms. The Morgan fingerprint density at radius 3 is 2.68 bits per heavy atom. The number of pyridine rings is 1. The number of fused-ring (bicyclic) bond motifs is 1. The average Bonchev–Trinajstić information content (AvgIpc) is 3.11. The van der Waals surface area contributed by atoms with Gasteiger partial charge in [0.05, 0.1) is 0 Å². The van der Waals surface area contributed by atoms with Crippen LogP contribution in [0.25, 0.3) is 5.65 Å². The van der Waals surface area contributed by atoms with E-state index in [0.29, 0.717) is 29.3 Å². The fourth-order valence-corrected chi connectivity index (χ4v) is 3.06. The molecule has 1 amide bonds. The molecule has 3 aromatic rings. The quantitative estimate of drug-likeness (QED) is 0.720. The van der Waals surface area contributed by atoms with E-state index in [2.05, 4.69) is 15.5 Å². The van der Waals surface area contributed by atoms with E-state index in [9.17, 15) is 4.79 Å². The summed E-state index contributed by atoms with van der Waals surface area (Å²) in [6.45, 7) is 1.32. The Morgan fingerprint density at radius 1 is 1.16 bits per heavy atom. The number of hydrogen-bond donors (Lipinski definition) is 0. The van der Waals surface area contributed by atoms with Gasteiger partial charge in [-0.1, -0.05) is 11.6 Å². The van der Waals surface area contributed by atoms with Crippen molar-refractivity contribution >= 4 is 23.2 Å². The number of carbonyl (C=O) groups excluding carboxylic acids is 1. The average molecular weight is 358 g/mol. The number of carbonyl (C=O) groups is 1. The smallest absolute Gasteiger partial charge is 0.254 e. The van der Waals surface area contributed by atoms with E-state index >= 15 is 0 Å². The molecule has 0 unspecified atom stereocenters. The van der Waals surface area contributed by atoms with Crippen LogP contribution in [0.15, 0.2) is 42.6 Å². The minimum absolute atomic E-state index is 0.00422. The number of piperidine rings is 1. The van der Waals surface area contributed by atoms with Crippen molar-refractivity contribution < 1.29 is 9.53 Å². The number of hydrogen-bond acceptors (Lipinski definition) is 5. The molecule has 1 aliphatic rings. The molecule has 0 saturated carbocycles. The van der Waals surface area contributed by atoms with E-state index in [-0.39, 0.29) is 12.0 Å². The Kier molecular flexibility index (Phi) is 4.23. The molecule has 2 aromatic heterocycles. The molecule has 8 heteroatoms. The number of amides is 1. The zero-order valence-corrected chi connectivity index (χ0v) is 14.1. The number of halogens is 1. The van der Waals surface area contributed by atoms with E-state index in [1.807, 2.05) is 29.2 Å². The van der Waals surface area contributed by atoms with Crippen LogP contribution in [0.1, 0.15) is 23.2 Å². The highest BCUT2D eigenvalue weighted by Crippen LogP contribution is 2.22. The fraction of sp³-hybridized carbons (Fsp3) is 0.294. The molecule has 0 aliphatic carbocycles. The maximum Gasteiger partial charge on any atom is 0.254 e. The SMILES string of the molecule is O=C(c1ccn2nnnc2c1)N1CCC(Oc2ccc(Cl)cc2)CC1. The summed E-state index contributed by atoms with van der Waals surface area (Å²) in [6, 6.07) is 10.8. The minimum atomic E-state index is -0.00422. The third-order valence-electron chi connectivity index (χ3n) is 4.29. The van der Waals surface area contributed by atoms with Crippen LogP contribution in [0.5, 0.6) is 5.75 Å². The van der Waals surface area contributed by atoms with Crippen molar-refractivity contribution in [1.29, 1.82) is 0 Å². The Labute approximate surface area is 149 Å². The fourth-order valence-electron chi connectivity index (χ4n) is 2.94. The normalized spacial score (nSPS) is 15.5. The molecule has 4 rings (SSSR count). The Morgan fingerprint density at radius 2 is 1.92 bits per heavy atom. The van der Waals surface area contributed by atoms with Gasteiger partial charge >= 0.3 is 0 Å². The van der Waals surface area contributed by atoms with Crippen LogP contribution in [-0.2, 0) is 0 Å². The lowest BCUT2D eigenvalue weighted by molar-refractivity contribution is 0.0595. The molecular formula is C17H16ClN5O2. The summed E-state index contributed by atoms with van der Waals surface area (Å²) in [5.74, 6) is 0.800. The molecule has 1 fully saturated rings. The lowest BCUT2D eigenvalue weighted by Gasteiger charge is -2.32. The summed E-state index contributed by atoms with van der Waals surface area (Å²) >= 11 is 5.88. The Bertz CT molecular complexity index is 887. The molecule has 1 aromatic carbocycles. The lowest BCUT2D eigenvalue weighted by atomic mass is 10.1. The first-order valence-electron chi connectivity index (χ1n) is 8.08. The van der Waals surface area contributed by atoms with Gasteiger partial charge in [-0.3, -0.25) is 4.79 Å². The molecule has 0 spiro atoms. The van der Waals surface area contributed by atoms with Crippen LogP contribution >= 0.6 is 11.6 Å². The summed E-state index contributed by atoms with van der Waals surface area (Å²) in [5.41, 5.74) is 1.16. The topological polar surface area (TPSA) is 72.6 Å². The van der Waals surface area contributed by atoms with Gasteiger partial charge in [-0.2, -0.15) is 0 Å². The van der Waals surface area contributed by atoms with Gasteiger partial charge in [-0.05, 0) is 46.8 Å². The summed E-state index contributed by atoms with van der Waals surface area (Å²) in [7, 11) is 0. The van der Waals surface area contributed by atoms with E-state index in [1.165, 1.54) is 4.52 Å². The Balaban J connectivity index is 1.37. The number of benzene rings is 1. The van der Waals surface area contributed by atoms with E-state index in [0.717, 1.165) is 18.6 Å². The van der Waals surface area contributed by atoms with Crippen LogP contribution in [0.3, 0.4) is 0 Å². The minimum Gasteiger partial charge on any atom is -0.490 e. The van der Waals surface area contributed by atoms with Crippen molar-refractivity contribution in [3.63, 3.8) is 0 Å². The van der Waals surface area contributed by atoms with Crippen molar-refractivity contribution in [1.82, 2.24) is 24.9 Å². The highest BCUT2D eigenvalue weighted by molar-refractivity contribution is 6.30. The van der Waals surface area contributed by atoms with Gasteiger partial charge in [0.1, 0.15) is 11.9 Å². The number of ether oxygens (including phenoxy) is 1. The molecule has 1 aliphatic heterocycles. The van der Waals surface area contributed by atoms with Gasteiger partial charge in [-0.15, -0.1) is 5.10 Å². The van der Waals surface area contributed by atoms with Gasteiger partial charge in [0.15, 0.2) is 5.65 Å². The van der Waals surface area contributed by atoms with Gasteiger partial charge in [-0.25, -0.2) is 4.52 Å². The van der Waals surface area contributed by atoms with Gasteiger partial charge in [0.2, 0.25) is 0 Å². The van der Waals surface area contributed by atoms with Crippen molar-refractivity contribution in [3.8, 4) is 5.75 Å². The number of aromatic nitrogens is 4. The molecule has 0 atom stereocenters. The number of tetrazole rings is 1. The van der Waals surface area contributed by atoms with Gasteiger partial charge in [0, 0.05) is 42.7 Å². The standard InChI is InChI=1S/C17H16ClN5O2/c18-13-1-3-14(4-2-13)25-15-6-8-22(9-7-15)17(24)12-5-10-23-16(11-12)19-20-21-23/h1-5,10-11,15H,6-9H2. The lowest BCUT2D eigenvalue weighted by Crippen LogP contribution is -2.41. The van der Waals surface area contributed by atoms with Crippen LogP contribution in [-0.4, -0.2) is 50.0 Å². The summed E-state index contributed by atoms with van der Waals surface area (Å²) in [5, 5.41) is 11.9. The summed E-state index contributed by atoms with van der Waals surface area (Å²) in [4.78, 5) is 14.5. The zero-order chi connectivity index (χ0) is 17.2. The first-order chi connectivity index (χ1) is 12.2. The second-order valence-electron chi connectivity index (χ2n) is 5.96. The van der Waals surface area contributed by atoms with E-state index in [1.54, 1.807) is 18.3 Å². The van der Waals surface area contributed by atoms with Crippen LogP contribution in [0, 0.1) is 0 Å². The van der Waals surface area contributed by atoms with Crippen molar-refractivity contribution in [3.05, 3.63) is 53.2 Å². The Hall–Kier alpha value is -2.67. The molecule has 0 N–H and O–H groups in total. The van der Waals surface area contributed by atoms with Crippen molar-refractivity contribution in [2.75, 3.05) is 13.1 Å². The monoisotopic (exact) mass is 357 g/mol. The predicted molar refractivity (Wildman–Crippen MR) is 91.8 cm³/mol. The summed E-state index contributed by atoms with van der Waals surface area (Å²) < 4.78 is 7.50. The third kappa shape index (κ3) is 3.41. The zero-order valence-electron chi connectivity index (χ0n) is 13.4. The van der Waals surface area contributed by atoms with Crippen LogP contribution in [0.4, 0.5) is 0 Å². The van der Waals surface area contributed by atoms with Crippen LogP contribution < -0.4 is 4.74 Å². The molecule has 7 nitrogen and oxygen atoms in total. The molecule has 0 bridgehead atoms. The number of rotatable bonds is 3. The van der Waals surface area contributed by atoms with E-state index < -0.39 is 0 Å². The molecular weight excluding hydrogens is 342 g/mol. The number of nitrogens with zero attached hydrogens (tertiary/aromatic N) is 5. The molecule has 1 saturated heterocycles. The highest BCUT2D eigenvalue weighted by atomic mass is 35.5. The van der Waals surface area contributed by atoms with Crippen molar-refractivity contribution in [2.45, 2.75) is 18.9 Å². The second kappa shape index (κ2) is 6.68. The first-order valence-corrected chi connectivity index (χ1v) is 8.46. The van der Waals surface area contributed by atoms with Crippen LogP contribution in [0.2, 0.25) is 5.02 Å². The second-order valence-corrected chi connectivity index (χ2v) is 6.40. The maximum absolute atomic E-state index is 12.7. The highest BCUT2D eigenvalue weighted by Gasteiger charge is 2.25. The van der Waals surface area contributed by atoms with E-state index in [4.69, 9.17) is 16.3 Å². The molecule has 0 radical (unpaired) electrons. The first kappa shape index (κ1) is 15.8. The predicted octanol–water partition coefficient (Wildman–Crippen LogP) is 2.46. The van der Waals surface area contributed by atoms with Crippen molar-refractivity contribution in [2.24, 2.45) is 0 Å². The van der Waals surface area contributed by atoms with Gasteiger partial charge < -0.3 is 9.64 Å². The molecule has 128 valence electrons. The summed E-state index contributed by atoms with van der Waals surface area (Å²) in [6.07, 6.45) is 3.39. The molecule has 3 heterocycles. The third-order valence-corrected chi connectivity index (χ3v) is 4.54. The maximum atomic E-state index is 12.7. The van der Waals surface area contributed by atoms with Gasteiger partial charge in [0.25, 0.3) is 5.91 Å². The largest absolute Gasteiger partial charge is 0.490 e. The number of likely N-dealkylation sites (tertiary alicyclic amines) is 1.